The third-order valence-electron chi connectivity index (χ3n) is 3.54. The summed E-state index contributed by atoms with van der Waals surface area (Å²) < 4.78 is 38.3. The second-order valence-electron chi connectivity index (χ2n) is 6.36. The van der Waals surface area contributed by atoms with Crippen molar-refractivity contribution in [2.75, 3.05) is 17.2 Å². The molecule has 5 nitrogen and oxygen atoms in total. The number of benzene rings is 1. The summed E-state index contributed by atoms with van der Waals surface area (Å²) >= 11 is 0. The molecule has 0 bridgehead atoms. The van der Waals surface area contributed by atoms with Gasteiger partial charge < -0.3 is 10.6 Å². The molecule has 0 spiro atoms. The Balaban J connectivity index is 2.13. The van der Waals surface area contributed by atoms with Gasteiger partial charge in [-0.1, -0.05) is 19.9 Å². The topological polar surface area (TPSA) is 66.9 Å². The Morgan fingerprint density at radius 3 is 2.58 bits per heavy atom. The molecule has 8 heteroatoms. The Bertz CT molecular complexity index is 775. The first-order valence-corrected chi connectivity index (χ1v) is 8.23. The number of nitrogens with zero attached hydrogens (tertiary/aromatic N) is 2. The summed E-state index contributed by atoms with van der Waals surface area (Å²) in [5.41, 5.74) is -0.108. The zero-order chi connectivity index (χ0) is 19.3. The van der Waals surface area contributed by atoms with Crippen LogP contribution in [-0.4, -0.2) is 22.4 Å². The Morgan fingerprint density at radius 1 is 1.19 bits per heavy atom. The number of hydrogen-bond acceptors (Lipinski definition) is 4. The third-order valence-corrected chi connectivity index (χ3v) is 3.54. The number of halogens is 3. The van der Waals surface area contributed by atoms with Gasteiger partial charge in [-0.3, -0.25) is 4.79 Å². The van der Waals surface area contributed by atoms with Crippen molar-refractivity contribution in [3.63, 3.8) is 0 Å². The quantitative estimate of drug-likeness (QED) is 0.789. The fourth-order valence-electron chi connectivity index (χ4n) is 2.20. The molecule has 0 aliphatic rings. The summed E-state index contributed by atoms with van der Waals surface area (Å²) in [5.74, 6) is 0.234. The highest BCUT2D eigenvalue weighted by molar-refractivity contribution is 6.03. The number of aromatic nitrogens is 2. The molecule has 0 saturated heterocycles. The summed E-state index contributed by atoms with van der Waals surface area (Å²) in [6.07, 6.45) is -3.55. The van der Waals surface area contributed by atoms with Crippen molar-refractivity contribution < 1.29 is 18.0 Å². The van der Waals surface area contributed by atoms with Gasteiger partial charge in [0.1, 0.15) is 5.69 Å². The Morgan fingerprint density at radius 2 is 1.92 bits per heavy atom. The lowest BCUT2D eigenvalue weighted by atomic mass is 10.1. The van der Waals surface area contributed by atoms with Gasteiger partial charge in [0.2, 0.25) is 5.95 Å². The Hall–Kier alpha value is -2.64. The molecular weight excluding hydrogens is 345 g/mol. The maximum atomic E-state index is 12.8. The van der Waals surface area contributed by atoms with Crippen LogP contribution in [0.3, 0.4) is 0 Å². The van der Waals surface area contributed by atoms with E-state index < -0.39 is 17.6 Å². The van der Waals surface area contributed by atoms with E-state index in [2.05, 4.69) is 34.4 Å². The zero-order valence-corrected chi connectivity index (χ0v) is 14.8. The molecule has 2 rings (SSSR count). The van der Waals surface area contributed by atoms with Crippen molar-refractivity contribution >= 4 is 17.5 Å². The van der Waals surface area contributed by atoms with E-state index in [9.17, 15) is 18.0 Å². The highest BCUT2D eigenvalue weighted by atomic mass is 19.4. The molecule has 1 amide bonds. The van der Waals surface area contributed by atoms with Crippen LogP contribution in [0.15, 0.2) is 30.3 Å². The van der Waals surface area contributed by atoms with Crippen LogP contribution < -0.4 is 10.6 Å². The maximum Gasteiger partial charge on any atom is 0.416 e. The van der Waals surface area contributed by atoms with Crippen molar-refractivity contribution in [2.45, 2.75) is 33.4 Å². The van der Waals surface area contributed by atoms with Crippen LogP contribution >= 0.6 is 0 Å². The molecule has 26 heavy (non-hydrogen) atoms. The first-order chi connectivity index (χ1) is 12.1. The SMILES string of the molecule is Cc1cc(C(=O)Nc2cccc(C(F)(F)F)c2)nc(NCCC(C)C)n1. The standard InChI is InChI=1S/C18H21F3N4O/c1-11(2)7-8-22-17-23-12(3)9-15(25-17)16(26)24-14-6-4-5-13(10-14)18(19,20)21/h4-6,9-11H,7-8H2,1-3H3,(H,24,26)(H,22,23,25). The van der Waals surface area contributed by atoms with Gasteiger partial charge in [-0.25, -0.2) is 9.97 Å². The second-order valence-corrected chi connectivity index (χ2v) is 6.36. The minimum absolute atomic E-state index is 0.0513. The fraction of sp³-hybridized carbons (Fsp3) is 0.389. The van der Waals surface area contributed by atoms with Gasteiger partial charge >= 0.3 is 6.18 Å². The molecule has 1 aromatic heterocycles. The molecule has 0 saturated carbocycles. The minimum Gasteiger partial charge on any atom is -0.354 e. The van der Waals surface area contributed by atoms with Crippen molar-refractivity contribution in [1.29, 1.82) is 0 Å². The van der Waals surface area contributed by atoms with Crippen LogP contribution in [0.25, 0.3) is 0 Å². The van der Waals surface area contributed by atoms with Crippen LogP contribution in [0.1, 0.15) is 42.0 Å². The average molecular weight is 366 g/mol. The van der Waals surface area contributed by atoms with Gasteiger partial charge in [0, 0.05) is 17.9 Å². The maximum absolute atomic E-state index is 12.8. The minimum atomic E-state index is -4.47. The molecule has 2 aromatic rings. The molecule has 0 aliphatic carbocycles. The molecule has 0 fully saturated rings. The van der Waals surface area contributed by atoms with Crippen molar-refractivity contribution in [3.05, 3.63) is 47.3 Å². The van der Waals surface area contributed by atoms with Crippen LogP contribution in [0.2, 0.25) is 0 Å². The number of amides is 1. The lowest BCUT2D eigenvalue weighted by Gasteiger charge is -2.11. The first-order valence-electron chi connectivity index (χ1n) is 8.23. The van der Waals surface area contributed by atoms with Gasteiger partial charge in [-0.05, 0) is 43.5 Å². The van der Waals surface area contributed by atoms with E-state index in [1.165, 1.54) is 18.2 Å². The normalized spacial score (nSPS) is 11.5. The average Bonchev–Trinajstić information content (AvgIpc) is 2.53. The molecule has 2 N–H and O–H groups in total. The summed E-state index contributed by atoms with van der Waals surface area (Å²) in [5, 5.41) is 5.50. The number of carbonyl (C=O) groups excluding carboxylic acids is 1. The van der Waals surface area contributed by atoms with Gasteiger partial charge in [-0.2, -0.15) is 13.2 Å². The Labute approximate surface area is 150 Å². The molecule has 0 atom stereocenters. The molecular formula is C18H21F3N4O. The monoisotopic (exact) mass is 366 g/mol. The predicted molar refractivity (Wildman–Crippen MR) is 94.1 cm³/mol. The van der Waals surface area contributed by atoms with Crippen molar-refractivity contribution in [3.8, 4) is 0 Å². The van der Waals surface area contributed by atoms with E-state index in [1.54, 1.807) is 6.92 Å². The lowest BCUT2D eigenvalue weighted by molar-refractivity contribution is -0.137. The zero-order valence-electron chi connectivity index (χ0n) is 14.8. The van der Waals surface area contributed by atoms with Gasteiger partial charge in [0.25, 0.3) is 5.91 Å². The second kappa shape index (κ2) is 8.16. The fourth-order valence-corrected chi connectivity index (χ4v) is 2.20. The van der Waals surface area contributed by atoms with E-state index in [4.69, 9.17) is 0 Å². The first kappa shape index (κ1) is 19.7. The molecule has 140 valence electrons. The Kier molecular flexibility index (Phi) is 6.18. The van der Waals surface area contributed by atoms with E-state index in [0.717, 1.165) is 18.6 Å². The van der Waals surface area contributed by atoms with Crippen molar-refractivity contribution in [1.82, 2.24) is 9.97 Å². The largest absolute Gasteiger partial charge is 0.416 e. The van der Waals surface area contributed by atoms with Gasteiger partial charge in [0.15, 0.2) is 0 Å². The van der Waals surface area contributed by atoms with E-state index >= 15 is 0 Å². The predicted octanol–water partition coefficient (Wildman–Crippen LogP) is 4.51. The summed E-state index contributed by atoms with van der Waals surface area (Å²) in [4.78, 5) is 20.7. The van der Waals surface area contributed by atoms with Gasteiger partial charge in [0.05, 0.1) is 5.56 Å². The molecule has 0 aliphatic heterocycles. The summed E-state index contributed by atoms with van der Waals surface area (Å²) in [7, 11) is 0. The van der Waals surface area contributed by atoms with Crippen LogP contribution in [0.5, 0.6) is 0 Å². The van der Waals surface area contributed by atoms with Crippen LogP contribution in [0, 0.1) is 12.8 Å². The molecule has 1 aromatic carbocycles. The lowest BCUT2D eigenvalue weighted by Crippen LogP contribution is -2.17. The highest BCUT2D eigenvalue weighted by Gasteiger charge is 2.30. The molecule has 1 heterocycles. The number of rotatable bonds is 6. The van der Waals surface area contributed by atoms with Gasteiger partial charge in [-0.15, -0.1) is 0 Å². The van der Waals surface area contributed by atoms with Crippen LogP contribution in [-0.2, 0) is 6.18 Å². The van der Waals surface area contributed by atoms with Crippen molar-refractivity contribution in [2.24, 2.45) is 5.92 Å². The number of carbonyl (C=O) groups is 1. The third kappa shape index (κ3) is 5.72. The van der Waals surface area contributed by atoms with E-state index in [0.29, 0.717) is 24.1 Å². The summed E-state index contributed by atoms with van der Waals surface area (Å²) in [6, 6.07) is 5.94. The number of aryl methyl sites for hydroxylation is 1. The molecule has 0 radical (unpaired) electrons. The highest BCUT2D eigenvalue weighted by Crippen LogP contribution is 2.30. The van der Waals surface area contributed by atoms with E-state index in [1.807, 2.05) is 0 Å². The smallest absolute Gasteiger partial charge is 0.354 e. The summed E-state index contributed by atoms with van der Waals surface area (Å²) in [6.45, 7) is 6.56. The van der Waals surface area contributed by atoms with E-state index in [-0.39, 0.29) is 11.4 Å². The number of nitrogens with one attached hydrogen (secondary N) is 2. The number of anilines is 2. The number of alkyl halides is 3. The van der Waals surface area contributed by atoms with Crippen LogP contribution in [0.4, 0.5) is 24.8 Å². The number of hydrogen-bond donors (Lipinski definition) is 2. The molecule has 0 unspecified atom stereocenters.